The zero-order valence-corrected chi connectivity index (χ0v) is 16.7. The second-order valence-corrected chi connectivity index (χ2v) is 6.74. The minimum Gasteiger partial charge on any atom is -0.475 e. The van der Waals surface area contributed by atoms with Gasteiger partial charge in [-0.15, -0.1) is 0 Å². The fourth-order valence-electron chi connectivity index (χ4n) is 2.50. The molecule has 1 aliphatic rings. The minimum atomic E-state index is -5.08. The van der Waals surface area contributed by atoms with Crippen LogP contribution in [0.1, 0.15) is 5.56 Å². The SMILES string of the molecule is O=C(Nc1ccc(=O)n(Cc2ccccc2Cl)c1)C1CNCCO1.O=C(O)C(F)(F)F. The van der Waals surface area contributed by atoms with Crippen LogP contribution in [-0.4, -0.2) is 53.5 Å². The molecule has 31 heavy (non-hydrogen) atoms. The van der Waals surface area contributed by atoms with Crippen molar-refractivity contribution in [3.05, 3.63) is 63.5 Å². The lowest BCUT2D eigenvalue weighted by Gasteiger charge is -2.22. The number of pyridine rings is 1. The number of morpholine rings is 1. The van der Waals surface area contributed by atoms with Gasteiger partial charge in [-0.05, 0) is 17.7 Å². The predicted octanol–water partition coefficient (Wildman–Crippen LogP) is 2.11. The Morgan fingerprint density at radius 2 is 1.94 bits per heavy atom. The number of nitrogens with one attached hydrogen (secondary N) is 2. The molecular formula is C19H19ClF3N3O5. The van der Waals surface area contributed by atoms with Gasteiger partial charge in [-0.1, -0.05) is 29.8 Å². The van der Waals surface area contributed by atoms with E-state index in [0.717, 1.165) is 12.1 Å². The number of hydrogen-bond acceptors (Lipinski definition) is 5. The molecule has 0 radical (unpaired) electrons. The number of carbonyl (C=O) groups excluding carboxylic acids is 1. The summed E-state index contributed by atoms with van der Waals surface area (Å²) in [6.45, 7) is 2.06. The molecule has 1 aliphatic heterocycles. The molecule has 0 aliphatic carbocycles. The predicted molar refractivity (Wildman–Crippen MR) is 106 cm³/mol. The van der Waals surface area contributed by atoms with Gasteiger partial charge in [0.05, 0.1) is 18.8 Å². The zero-order valence-electron chi connectivity index (χ0n) is 16.0. The van der Waals surface area contributed by atoms with Crippen LogP contribution in [0.3, 0.4) is 0 Å². The largest absolute Gasteiger partial charge is 0.490 e. The average molecular weight is 462 g/mol. The summed E-state index contributed by atoms with van der Waals surface area (Å²) >= 11 is 6.14. The summed E-state index contributed by atoms with van der Waals surface area (Å²) in [5.74, 6) is -2.99. The summed E-state index contributed by atoms with van der Waals surface area (Å²) in [5.41, 5.74) is 1.22. The van der Waals surface area contributed by atoms with Crippen LogP contribution in [0.4, 0.5) is 18.9 Å². The number of carbonyl (C=O) groups is 2. The molecule has 3 N–H and O–H groups in total. The van der Waals surface area contributed by atoms with E-state index in [1.807, 2.05) is 18.2 Å². The lowest BCUT2D eigenvalue weighted by molar-refractivity contribution is -0.192. The number of ether oxygens (including phenoxy) is 1. The van der Waals surface area contributed by atoms with E-state index in [-0.39, 0.29) is 11.5 Å². The second-order valence-electron chi connectivity index (χ2n) is 6.33. The summed E-state index contributed by atoms with van der Waals surface area (Å²) in [4.78, 5) is 33.1. The third kappa shape index (κ3) is 7.70. The molecule has 3 rings (SSSR count). The average Bonchev–Trinajstić information content (AvgIpc) is 2.72. The Labute approximate surface area is 179 Å². The molecule has 0 spiro atoms. The highest BCUT2D eigenvalue weighted by atomic mass is 35.5. The Morgan fingerprint density at radius 1 is 1.26 bits per heavy atom. The van der Waals surface area contributed by atoms with Gasteiger partial charge in [0, 0.05) is 30.4 Å². The van der Waals surface area contributed by atoms with Gasteiger partial charge in [0.15, 0.2) is 0 Å². The molecule has 1 fully saturated rings. The van der Waals surface area contributed by atoms with Crippen molar-refractivity contribution in [1.29, 1.82) is 0 Å². The summed E-state index contributed by atoms with van der Waals surface area (Å²) in [6.07, 6.45) is -4.00. The number of aromatic nitrogens is 1. The molecule has 1 atom stereocenters. The van der Waals surface area contributed by atoms with Gasteiger partial charge in [0.25, 0.3) is 11.5 Å². The van der Waals surface area contributed by atoms with Gasteiger partial charge in [-0.2, -0.15) is 13.2 Å². The second kappa shape index (κ2) is 10.9. The maximum atomic E-state index is 12.2. The minimum absolute atomic E-state index is 0.163. The van der Waals surface area contributed by atoms with E-state index in [1.165, 1.54) is 10.6 Å². The number of carboxylic acids is 1. The van der Waals surface area contributed by atoms with Crippen molar-refractivity contribution in [1.82, 2.24) is 9.88 Å². The summed E-state index contributed by atoms with van der Waals surface area (Å²) in [7, 11) is 0. The number of nitrogens with zero attached hydrogens (tertiary/aromatic N) is 1. The number of aliphatic carboxylic acids is 1. The van der Waals surface area contributed by atoms with Crippen LogP contribution in [0.25, 0.3) is 0 Å². The van der Waals surface area contributed by atoms with Gasteiger partial charge in [-0.3, -0.25) is 9.59 Å². The first-order valence-corrected chi connectivity index (χ1v) is 9.33. The van der Waals surface area contributed by atoms with Crippen molar-refractivity contribution < 1.29 is 32.6 Å². The van der Waals surface area contributed by atoms with Crippen molar-refractivity contribution in [2.75, 3.05) is 25.0 Å². The van der Waals surface area contributed by atoms with E-state index < -0.39 is 18.2 Å². The fraction of sp³-hybridized carbons (Fsp3) is 0.316. The molecule has 1 aromatic heterocycles. The molecule has 8 nitrogen and oxygen atoms in total. The molecule has 168 valence electrons. The van der Waals surface area contributed by atoms with Crippen molar-refractivity contribution in [2.24, 2.45) is 0 Å². The number of rotatable bonds is 4. The standard InChI is InChI=1S/C17H18ClN3O3.C2HF3O2/c18-14-4-2-1-3-12(14)10-21-11-13(5-6-16(21)22)20-17(23)15-9-19-7-8-24-15;3-2(4,5)1(6)7/h1-6,11,15,19H,7-10H2,(H,20,23);(H,6,7). The number of benzene rings is 1. The first kappa shape index (κ1) is 24.4. The fourth-order valence-corrected chi connectivity index (χ4v) is 2.69. The summed E-state index contributed by atoms with van der Waals surface area (Å²) in [5, 5.41) is 13.6. The Hall–Kier alpha value is -2.89. The highest BCUT2D eigenvalue weighted by Crippen LogP contribution is 2.16. The van der Waals surface area contributed by atoms with Crippen molar-refractivity contribution in [3.63, 3.8) is 0 Å². The van der Waals surface area contributed by atoms with Gasteiger partial charge in [-0.25, -0.2) is 4.79 Å². The quantitative estimate of drug-likeness (QED) is 0.643. The third-order valence-electron chi connectivity index (χ3n) is 4.01. The molecule has 12 heteroatoms. The van der Waals surface area contributed by atoms with Crippen LogP contribution in [0, 0.1) is 0 Å². The molecular weight excluding hydrogens is 443 g/mol. The molecule has 1 amide bonds. The summed E-state index contributed by atoms with van der Waals surface area (Å²) in [6, 6.07) is 10.4. The molecule has 1 aromatic carbocycles. The smallest absolute Gasteiger partial charge is 0.475 e. The van der Waals surface area contributed by atoms with Crippen LogP contribution in [0.15, 0.2) is 47.4 Å². The number of anilines is 1. The maximum Gasteiger partial charge on any atom is 0.490 e. The lowest BCUT2D eigenvalue weighted by Crippen LogP contribution is -2.45. The third-order valence-corrected chi connectivity index (χ3v) is 4.38. The summed E-state index contributed by atoms with van der Waals surface area (Å²) < 4.78 is 38.7. The van der Waals surface area contributed by atoms with Crippen LogP contribution < -0.4 is 16.2 Å². The van der Waals surface area contributed by atoms with Crippen molar-refractivity contribution >= 4 is 29.2 Å². The van der Waals surface area contributed by atoms with Crippen LogP contribution in [0.5, 0.6) is 0 Å². The first-order valence-electron chi connectivity index (χ1n) is 8.95. The Bertz CT molecular complexity index is 975. The number of hydrogen-bond donors (Lipinski definition) is 3. The zero-order chi connectivity index (χ0) is 23.0. The Morgan fingerprint density at radius 3 is 2.52 bits per heavy atom. The lowest BCUT2D eigenvalue weighted by atomic mass is 10.2. The van der Waals surface area contributed by atoms with Gasteiger partial charge >= 0.3 is 12.1 Å². The molecule has 0 bridgehead atoms. The molecule has 1 unspecified atom stereocenters. The number of carboxylic acid groups (broad SMARTS) is 1. The first-order chi connectivity index (χ1) is 14.6. The van der Waals surface area contributed by atoms with E-state index in [1.54, 1.807) is 18.3 Å². The Balaban J connectivity index is 0.000000423. The molecule has 0 saturated carbocycles. The molecule has 1 saturated heterocycles. The van der Waals surface area contributed by atoms with E-state index >= 15 is 0 Å². The normalized spacial score (nSPS) is 16.1. The van der Waals surface area contributed by atoms with Gasteiger partial charge < -0.3 is 25.0 Å². The number of alkyl halides is 3. The van der Waals surface area contributed by atoms with Gasteiger partial charge in [0.1, 0.15) is 6.10 Å². The van der Waals surface area contributed by atoms with E-state index in [9.17, 15) is 22.8 Å². The Kier molecular flexibility index (Phi) is 8.60. The highest BCUT2D eigenvalue weighted by Gasteiger charge is 2.38. The monoisotopic (exact) mass is 461 g/mol. The topological polar surface area (TPSA) is 110 Å². The van der Waals surface area contributed by atoms with Crippen LogP contribution in [0.2, 0.25) is 5.02 Å². The molecule has 2 aromatic rings. The van der Waals surface area contributed by atoms with E-state index in [0.29, 0.717) is 30.4 Å². The highest BCUT2D eigenvalue weighted by molar-refractivity contribution is 6.31. The van der Waals surface area contributed by atoms with Crippen LogP contribution >= 0.6 is 11.6 Å². The van der Waals surface area contributed by atoms with Crippen molar-refractivity contribution in [2.45, 2.75) is 18.8 Å². The van der Waals surface area contributed by atoms with Crippen LogP contribution in [-0.2, 0) is 20.9 Å². The van der Waals surface area contributed by atoms with Gasteiger partial charge in [0.2, 0.25) is 0 Å². The number of halogens is 4. The maximum absolute atomic E-state index is 12.2. The van der Waals surface area contributed by atoms with E-state index in [4.69, 9.17) is 26.2 Å². The number of amides is 1. The molecule has 2 heterocycles. The van der Waals surface area contributed by atoms with Crippen molar-refractivity contribution in [3.8, 4) is 0 Å². The van der Waals surface area contributed by atoms with E-state index in [2.05, 4.69) is 10.6 Å².